The molecule has 2 aromatic rings. The number of aliphatic hydroxyl groups is 5. The lowest BCUT2D eigenvalue weighted by atomic mass is 9.55. The van der Waals surface area contributed by atoms with E-state index in [1.54, 1.807) is 13.2 Å². The average Bonchev–Trinajstić information content (AvgIpc) is 1.66. The Morgan fingerprint density at radius 3 is 2.01 bits per heavy atom. The molecule has 0 bridgehead atoms. The molecule has 1 aromatic carbocycles. The topological polar surface area (TPSA) is 217 Å². The number of fused-ring (bicyclic) bond motifs is 1. The molecule has 4 saturated carbocycles. The molecule has 18 heteroatoms. The fourth-order valence-corrected chi connectivity index (χ4v) is 14.9. The van der Waals surface area contributed by atoms with Crippen LogP contribution in [0.5, 0.6) is 0 Å². The molecule has 8 fully saturated rings. The minimum atomic E-state index is -3.96. The Morgan fingerprint density at radius 1 is 0.871 bits per heavy atom. The van der Waals surface area contributed by atoms with Crippen molar-refractivity contribution in [1.29, 1.82) is 0 Å². The second-order valence-corrected chi connectivity index (χ2v) is 29.3. The standard InChI is InChI=1S/C60H96N8O8.C6H12.C5H10O.C2H4O.C2H2/c1-11-24-64(26-23-50(46-33-58(34-46)38-76-39-58)54(44(7)67-25-15-16-41(4)63-67)62-56(69)43(6)45-17-13-14-18-45)48-21-22-53-51(32-48)52(35-57(8,9)12-2)55(68(53)59(70,71)60(72,73)74)40(3)31-49(37-61-36-42(5)75-10)66-29-27-65(28-30-66)47-19-20-47;1-6-4-2-3-5-6;1-2-4-6-5-3-1;1-2-3;1-2/h21-22,31-32,37,41-43,45-47,50,54,63,70-74H,3,7,11-20,23-30,33-36,38-39H2,1-2,4-6,8-10H3,(H,62,69);6H,2-5H2,1H3;1-5H2;2H,1H3;1-2H/b49-31+,61-37?;;;;. The molecule has 5 atom stereocenters. The molecular weight excluding hydrogens is 1170 g/mol. The molecule has 4 aliphatic heterocycles. The third kappa shape index (κ3) is 21.4. The lowest BCUT2D eigenvalue weighted by molar-refractivity contribution is -0.479. The van der Waals surface area contributed by atoms with Crippen LogP contribution in [0.2, 0.25) is 0 Å². The summed E-state index contributed by atoms with van der Waals surface area (Å²) in [5.74, 6) is -5.66. The second-order valence-electron chi connectivity index (χ2n) is 29.3. The van der Waals surface area contributed by atoms with Gasteiger partial charge in [-0.05, 0) is 175 Å². The summed E-state index contributed by atoms with van der Waals surface area (Å²) in [6.07, 6.45) is 36.4. The minimum Gasteiger partial charge on any atom is -0.381 e. The molecule has 7 N–H and O–H groups in total. The third-order valence-corrected chi connectivity index (χ3v) is 21.3. The highest BCUT2D eigenvalue weighted by Gasteiger charge is 2.54. The van der Waals surface area contributed by atoms with Gasteiger partial charge in [0.25, 0.3) is 0 Å². The number of carbonyl (C=O) groups is 2. The molecule has 18 nitrogen and oxygen atoms in total. The Balaban J connectivity index is 0.000000707. The molecule has 1 spiro atoms. The zero-order valence-electron chi connectivity index (χ0n) is 59.0. The predicted octanol–water partition coefficient (Wildman–Crippen LogP) is 10.9. The fraction of sp³-hybridized carbons (Fsp3) is 0.747. The lowest BCUT2D eigenvalue weighted by Crippen LogP contribution is -2.59. The van der Waals surface area contributed by atoms with E-state index in [0.29, 0.717) is 59.9 Å². The van der Waals surface area contributed by atoms with E-state index in [1.165, 1.54) is 77.6 Å². The van der Waals surface area contributed by atoms with E-state index in [-0.39, 0.29) is 46.4 Å². The number of hydrazine groups is 1. The Kier molecular flexibility index (Phi) is 30.5. The van der Waals surface area contributed by atoms with Gasteiger partial charge >= 0.3 is 11.9 Å². The van der Waals surface area contributed by atoms with Crippen LogP contribution in [0, 0.1) is 53.3 Å². The Hall–Kier alpha value is -4.65. The van der Waals surface area contributed by atoms with Crippen LogP contribution in [0.4, 0.5) is 5.69 Å². The fourth-order valence-electron chi connectivity index (χ4n) is 14.9. The number of hydrogen-bond acceptors (Lipinski definition) is 16. The summed E-state index contributed by atoms with van der Waals surface area (Å²) in [5, 5.41) is 62.9. The highest BCUT2D eigenvalue weighted by Crippen LogP contribution is 2.55. The molecule has 10 rings (SSSR count). The van der Waals surface area contributed by atoms with Crippen LogP contribution in [0.1, 0.15) is 202 Å². The van der Waals surface area contributed by atoms with Crippen LogP contribution >= 0.6 is 0 Å². The number of rotatable bonds is 26. The highest BCUT2D eigenvalue weighted by atomic mass is 16.7. The van der Waals surface area contributed by atoms with Crippen molar-refractivity contribution in [2.24, 2.45) is 45.4 Å². The summed E-state index contributed by atoms with van der Waals surface area (Å²) >= 11 is 0. The van der Waals surface area contributed by atoms with Gasteiger partial charge in [-0.25, -0.2) is 5.43 Å². The Bertz CT molecular complexity index is 2700. The van der Waals surface area contributed by atoms with Crippen LogP contribution in [-0.4, -0.2) is 179 Å². The van der Waals surface area contributed by atoms with Crippen LogP contribution in [0.25, 0.3) is 16.5 Å². The molecule has 4 aliphatic carbocycles. The van der Waals surface area contributed by atoms with Gasteiger partial charge in [-0.2, -0.15) is 0 Å². The average molecular weight is 1300 g/mol. The van der Waals surface area contributed by atoms with Gasteiger partial charge in [0.05, 0.1) is 48.8 Å². The van der Waals surface area contributed by atoms with Gasteiger partial charge in [-0.15, -0.1) is 12.8 Å². The van der Waals surface area contributed by atoms with Gasteiger partial charge in [0.15, 0.2) is 0 Å². The summed E-state index contributed by atoms with van der Waals surface area (Å²) in [4.78, 5) is 35.3. The second kappa shape index (κ2) is 36.6. The predicted molar refractivity (Wildman–Crippen MR) is 376 cm³/mol. The van der Waals surface area contributed by atoms with Gasteiger partial charge in [0.2, 0.25) is 5.91 Å². The molecule has 93 heavy (non-hydrogen) atoms. The molecule has 5 heterocycles. The van der Waals surface area contributed by atoms with Crippen molar-refractivity contribution in [1.82, 2.24) is 30.1 Å². The first-order valence-corrected chi connectivity index (χ1v) is 35.8. The number of aldehydes is 1. The summed E-state index contributed by atoms with van der Waals surface area (Å²) in [5.41, 5.74) is 7.92. The number of amides is 1. The van der Waals surface area contributed by atoms with Crippen LogP contribution in [0.15, 0.2) is 53.8 Å². The first kappa shape index (κ1) is 77.4. The normalized spacial score (nSPS) is 22.1. The molecule has 524 valence electrons. The van der Waals surface area contributed by atoms with E-state index in [1.807, 2.05) is 25.3 Å². The lowest BCUT2D eigenvalue weighted by Gasteiger charge is -2.57. The van der Waals surface area contributed by atoms with Crippen molar-refractivity contribution >= 4 is 40.6 Å². The van der Waals surface area contributed by atoms with Crippen molar-refractivity contribution in [3.05, 3.63) is 60.1 Å². The molecule has 1 aromatic heterocycles. The van der Waals surface area contributed by atoms with Crippen LogP contribution < -0.4 is 15.6 Å². The zero-order chi connectivity index (χ0) is 68.1. The number of ether oxygens (including phenoxy) is 3. The summed E-state index contributed by atoms with van der Waals surface area (Å²) in [6, 6.07) is 6.48. The number of terminal acetylenes is 1. The van der Waals surface area contributed by atoms with Gasteiger partial charge < -0.3 is 64.7 Å². The maximum Gasteiger partial charge on any atom is 0.355 e. The molecular formula is C75H124N8O10. The van der Waals surface area contributed by atoms with Crippen molar-refractivity contribution in [3.63, 3.8) is 0 Å². The van der Waals surface area contributed by atoms with Gasteiger partial charge in [-0.1, -0.05) is 99.6 Å². The van der Waals surface area contributed by atoms with E-state index in [2.05, 4.69) is 104 Å². The number of piperazine rings is 1. The highest BCUT2D eigenvalue weighted by molar-refractivity contribution is 5.95. The SMILES string of the molecule is C#C.C1CCOCC1.C=C(/C=C(\C=NCC(C)OC)N1CCN(C2CC2)CC1)c1c(CC(C)(C)CC)c2cc(N(CCC)CCC(C3CC4(COC4)C3)C(NC(=O)C(C)C3CCCC3)C(=C)N3CCCC(C)N3)ccc2n1C(O)(O)C(O)(O)O.CC1CCCC1.CC=O. The number of allylic oxidation sites excluding steroid dienone is 3. The number of benzene rings is 1. The number of aromatic nitrogens is 1. The number of nitrogens with one attached hydrogen (secondary N) is 2. The monoisotopic (exact) mass is 1300 g/mol. The van der Waals surface area contributed by atoms with Gasteiger partial charge in [-0.3, -0.25) is 19.3 Å². The van der Waals surface area contributed by atoms with Gasteiger partial charge in [0.1, 0.15) is 6.29 Å². The molecule has 5 unspecified atom stereocenters. The molecule has 8 aliphatic rings. The van der Waals surface area contributed by atoms with Gasteiger partial charge in [0, 0.05) is 113 Å². The number of hydrogen-bond donors (Lipinski definition) is 7. The number of anilines is 1. The van der Waals surface area contributed by atoms with Crippen molar-refractivity contribution in [2.75, 3.05) is 90.8 Å². The maximum absolute atomic E-state index is 14.5. The van der Waals surface area contributed by atoms with Crippen molar-refractivity contribution in [3.8, 4) is 12.8 Å². The van der Waals surface area contributed by atoms with E-state index in [9.17, 15) is 30.3 Å². The van der Waals surface area contributed by atoms with E-state index in [4.69, 9.17) is 30.6 Å². The number of methoxy groups -OCH3 is 1. The Labute approximate surface area is 560 Å². The van der Waals surface area contributed by atoms with E-state index < -0.39 is 11.9 Å². The van der Waals surface area contributed by atoms with Crippen molar-refractivity contribution in [2.45, 2.75) is 233 Å². The Morgan fingerprint density at radius 2 is 1.51 bits per heavy atom. The third-order valence-electron chi connectivity index (χ3n) is 21.3. The van der Waals surface area contributed by atoms with E-state index in [0.717, 1.165) is 163 Å². The zero-order valence-corrected chi connectivity index (χ0v) is 59.0. The van der Waals surface area contributed by atoms with Crippen LogP contribution in [-0.2, 0) is 36.1 Å². The molecule has 4 saturated heterocycles. The van der Waals surface area contributed by atoms with Crippen LogP contribution in [0.3, 0.4) is 0 Å². The summed E-state index contributed by atoms with van der Waals surface area (Å²) in [6.45, 7) is 37.7. The molecule has 0 radical (unpaired) electrons. The summed E-state index contributed by atoms with van der Waals surface area (Å²) < 4.78 is 17.4. The first-order valence-electron chi connectivity index (χ1n) is 35.8. The quantitative estimate of drug-likeness (QED) is 0.0153. The minimum absolute atomic E-state index is 0.0882. The first-order chi connectivity index (χ1) is 44.4. The smallest absolute Gasteiger partial charge is 0.355 e. The molecule has 1 amide bonds. The largest absolute Gasteiger partial charge is 0.381 e. The van der Waals surface area contributed by atoms with Crippen molar-refractivity contribution < 1.29 is 49.3 Å². The number of carbonyl (C=O) groups excluding carboxylic acids is 2. The number of aliphatic imine (C=N–C) groups is 1. The summed E-state index contributed by atoms with van der Waals surface area (Å²) in [7, 11) is 1.66. The number of nitrogens with zero attached hydrogens (tertiary/aromatic N) is 6. The maximum atomic E-state index is 14.5. The van der Waals surface area contributed by atoms with E-state index >= 15 is 0 Å².